The van der Waals surface area contributed by atoms with Crippen LogP contribution < -0.4 is 5.73 Å². The summed E-state index contributed by atoms with van der Waals surface area (Å²) in [4.78, 5) is 13.9. The first-order chi connectivity index (χ1) is 7.99. The van der Waals surface area contributed by atoms with E-state index in [1.807, 2.05) is 0 Å². The van der Waals surface area contributed by atoms with Gasteiger partial charge in [-0.25, -0.2) is 0 Å². The maximum absolute atomic E-state index is 11.4. The molecule has 1 aliphatic rings. The molecule has 1 rings (SSSR count). The molecule has 0 radical (unpaired) electrons. The molecule has 1 saturated heterocycles. The summed E-state index contributed by atoms with van der Waals surface area (Å²) in [5, 5.41) is 0. The molecular weight excluding hydrogens is 216 g/mol. The average molecular weight is 242 g/mol. The standard InChI is InChI=1S/C13H26N2O2/c1-4-11-6-9-15(10-11)8-5-7-13(2,14)12(16)17-3/h11H,4-10,14H2,1-3H3. The number of nitrogens with two attached hydrogens (primary N) is 1. The van der Waals surface area contributed by atoms with Crippen LogP contribution in [0.25, 0.3) is 0 Å². The highest BCUT2D eigenvalue weighted by Gasteiger charge is 2.29. The van der Waals surface area contributed by atoms with Crippen molar-refractivity contribution in [2.24, 2.45) is 11.7 Å². The highest BCUT2D eigenvalue weighted by Crippen LogP contribution is 2.20. The Morgan fingerprint density at radius 1 is 1.59 bits per heavy atom. The number of hydrogen-bond donors (Lipinski definition) is 1. The molecule has 2 atom stereocenters. The fourth-order valence-corrected chi connectivity index (χ4v) is 2.45. The highest BCUT2D eigenvalue weighted by atomic mass is 16.5. The molecule has 1 aliphatic heterocycles. The Labute approximate surface area is 104 Å². The third-order valence-corrected chi connectivity index (χ3v) is 3.77. The molecule has 0 spiro atoms. The SMILES string of the molecule is CCC1CCN(CCCC(C)(N)C(=O)OC)C1. The molecule has 0 saturated carbocycles. The van der Waals surface area contributed by atoms with E-state index in [0.29, 0.717) is 6.42 Å². The van der Waals surface area contributed by atoms with Gasteiger partial charge in [-0.1, -0.05) is 13.3 Å². The Balaban J connectivity index is 2.22. The molecule has 2 unspecified atom stereocenters. The summed E-state index contributed by atoms with van der Waals surface area (Å²) in [6, 6.07) is 0. The largest absolute Gasteiger partial charge is 0.468 e. The molecule has 100 valence electrons. The second kappa shape index (κ2) is 6.36. The predicted molar refractivity (Wildman–Crippen MR) is 68.7 cm³/mol. The zero-order chi connectivity index (χ0) is 12.9. The number of carbonyl (C=O) groups is 1. The maximum atomic E-state index is 11.4. The summed E-state index contributed by atoms with van der Waals surface area (Å²) >= 11 is 0. The van der Waals surface area contributed by atoms with Crippen LogP contribution in [0, 0.1) is 5.92 Å². The quantitative estimate of drug-likeness (QED) is 0.715. The van der Waals surface area contributed by atoms with Gasteiger partial charge >= 0.3 is 5.97 Å². The van der Waals surface area contributed by atoms with E-state index in [2.05, 4.69) is 11.8 Å². The molecule has 1 fully saturated rings. The monoisotopic (exact) mass is 242 g/mol. The zero-order valence-electron chi connectivity index (χ0n) is 11.4. The number of nitrogens with zero attached hydrogens (tertiary/aromatic N) is 1. The van der Waals surface area contributed by atoms with Gasteiger partial charge < -0.3 is 15.4 Å². The molecule has 0 aromatic rings. The summed E-state index contributed by atoms with van der Waals surface area (Å²) in [6.45, 7) is 7.44. The van der Waals surface area contributed by atoms with E-state index in [0.717, 1.165) is 18.9 Å². The summed E-state index contributed by atoms with van der Waals surface area (Å²) in [7, 11) is 1.39. The van der Waals surface area contributed by atoms with Gasteiger partial charge in [0.1, 0.15) is 5.54 Å². The van der Waals surface area contributed by atoms with Crippen molar-refractivity contribution in [2.45, 2.75) is 45.1 Å². The smallest absolute Gasteiger partial charge is 0.325 e. The van der Waals surface area contributed by atoms with Gasteiger partial charge in [0.2, 0.25) is 0 Å². The van der Waals surface area contributed by atoms with Crippen molar-refractivity contribution >= 4 is 5.97 Å². The van der Waals surface area contributed by atoms with E-state index in [1.54, 1.807) is 6.92 Å². The van der Waals surface area contributed by atoms with Gasteiger partial charge in [0.05, 0.1) is 7.11 Å². The molecule has 17 heavy (non-hydrogen) atoms. The summed E-state index contributed by atoms with van der Waals surface area (Å²) < 4.78 is 4.69. The summed E-state index contributed by atoms with van der Waals surface area (Å²) in [5.74, 6) is 0.547. The van der Waals surface area contributed by atoms with Crippen molar-refractivity contribution in [3.8, 4) is 0 Å². The lowest BCUT2D eigenvalue weighted by Crippen LogP contribution is -2.46. The van der Waals surface area contributed by atoms with Crippen molar-refractivity contribution in [3.63, 3.8) is 0 Å². The van der Waals surface area contributed by atoms with E-state index >= 15 is 0 Å². The number of hydrogen-bond acceptors (Lipinski definition) is 4. The number of methoxy groups -OCH3 is 1. The molecule has 0 aliphatic carbocycles. The Bertz CT molecular complexity index is 254. The molecule has 2 N–H and O–H groups in total. The lowest BCUT2D eigenvalue weighted by molar-refractivity contribution is -0.146. The number of rotatable bonds is 6. The maximum Gasteiger partial charge on any atom is 0.325 e. The predicted octanol–water partition coefficient (Wildman–Crippen LogP) is 1.39. The molecule has 0 aromatic heterocycles. The molecule has 1 heterocycles. The van der Waals surface area contributed by atoms with Crippen LogP contribution in [0.15, 0.2) is 0 Å². The first-order valence-corrected chi connectivity index (χ1v) is 6.59. The van der Waals surface area contributed by atoms with Gasteiger partial charge in [-0.2, -0.15) is 0 Å². The Kier molecular flexibility index (Phi) is 5.40. The molecular formula is C13H26N2O2. The minimum atomic E-state index is -0.835. The Morgan fingerprint density at radius 2 is 2.29 bits per heavy atom. The van der Waals surface area contributed by atoms with E-state index < -0.39 is 5.54 Å². The first kappa shape index (κ1) is 14.5. The molecule has 4 nitrogen and oxygen atoms in total. The van der Waals surface area contributed by atoms with Gasteiger partial charge in [-0.05, 0) is 45.2 Å². The first-order valence-electron chi connectivity index (χ1n) is 6.59. The van der Waals surface area contributed by atoms with E-state index in [4.69, 9.17) is 10.5 Å². The number of ether oxygens (including phenoxy) is 1. The van der Waals surface area contributed by atoms with E-state index in [-0.39, 0.29) is 5.97 Å². The van der Waals surface area contributed by atoms with Gasteiger partial charge in [0.15, 0.2) is 0 Å². The lowest BCUT2D eigenvalue weighted by atomic mass is 9.97. The van der Waals surface area contributed by atoms with Crippen LogP contribution in [0.3, 0.4) is 0 Å². The van der Waals surface area contributed by atoms with Crippen molar-refractivity contribution in [2.75, 3.05) is 26.7 Å². The fourth-order valence-electron chi connectivity index (χ4n) is 2.45. The van der Waals surface area contributed by atoms with Crippen molar-refractivity contribution in [3.05, 3.63) is 0 Å². The van der Waals surface area contributed by atoms with Crippen LogP contribution in [-0.4, -0.2) is 43.2 Å². The normalized spacial score (nSPS) is 24.6. The van der Waals surface area contributed by atoms with Crippen LogP contribution in [-0.2, 0) is 9.53 Å². The zero-order valence-corrected chi connectivity index (χ0v) is 11.4. The summed E-state index contributed by atoms with van der Waals surface area (Å²) in [5.41, 5.74) is 5.08. The van der Waals surface area contributed by atoms with Crippen LogP contribution in [0.2, 0.25) is 0 Å². The van der Waals surface area contributed by atoms with Gasteiger partial charge in [-0.15, -0.1) is 0 Å². The van der Waals surface area contributed by atoms with E-state index in [9.17, 15) is 4.79 Å². The van der Waals surface area contributed by atoms with Gasteiger partial charge in [-0.3, -0.25) is 4.79 Å². The molecule has 4 heteroatoms. The highest BCUT2D eigenvalue weighted by molar-refractivity contribution is 5.79. The fraction of sp³-hybridized carbons (Fsp3) is 0.923. The molecule has 0 amide bonds. The Hall–Kier alpha value is -0.610. The van der Waals surface area contributed by atoms with Gasteiger partial charge in [0, 0.05) is 6.54 Å². The van der Waals surface area contributed by atoms with Crippen molar-refractivity contribution < 1.29 is 9.53 Å². The van der Waals surface area contributed by atoms with Crippen molar-refractivity contribution in [1.82, 2.24) is 4.90 Å². The van der Waals surface area contributed by atoms with Crippen LogP contribution in [0.5, 0.6) is 0 Å². The average Bonchev–Trinajstić information content (AvgIpc) is 2.75. The third-order valence-electron chi connectivity index (χ3n) is 3.77. The molecule has 0 bridgehead atoms. The van der Waals surface area contributed by atoms with Crippen LogP contribution in [0.4, 0.5) is 0 Å². The van der Waals surface area contributed by atoms with Crippen LogP contribution in [0.1, 0.15) is 39.5 Å². The Morgan fingerprint density at radius 3 is 2.82 bits per heavy atom. The number of likely N-dealkylation sites (tertiary alicyclic amines) is 1. The van der Waals surface area contributed by atoms with Crippen molar-refractivity contribution in [1.29, 1.82) is 0 Å². The van der Waals surface area contributed by atoms with Crippen LogP contribution >= 0.6 is 0 Å². The minimum absolute atomic E-state index is 0.314. The topological polar surface area (TPSA) is 55.6 Å². The third kappa shape index (κ3) is 4.28. The second-order valence-corrected chi connectivity index (χ2v) is 5.38. The number of esters is 1. The minimum Gasteiger partial charge on any atom is -0.468 e. The second-order valence-electron chi connectivity index (χ2n) is 5.38. The molecule has 0 aromatic carbocycles. The van der Waals surface area contributed by atoms with E-state index in [1.165, 1.54) is 33.0 Å². The summed E-state index contributed by atoms with van der Waals surface area (Å²) in [6.07, 6.45) is 4.23. The number of carbonyl (C=O) groups excluding carboxylic acids is 1. The lowest BCUT2D eigenvalue weighted by Gasteiger charge is -2.23. The van der Waals surface area contributed by atoms with Gasteiger partial charge in [0.25, 0.3) is 0 Å².